The monoisotopic (exact) mass is 225 g/mol. The van der Waals surface area contributed by atoms with Gasteiger partial charge in [-0.2, -0.15) is 0 Å². The molecule has 0 radical (unpaired) electrons. The normalized spacial score (nSPS) is 27.8. The minimum Gasteiger partial charge on any atom is -0.354 e. The molecular formula is C11H19N3O2. The molecule has 5 heteroatoms. The second-order valence-corrected chi connectivity index (χ2v) is 4.85. The summed E-state index contributed by atoms with van der Waals surface area (Å²) >= 11 is 0. The Morgan fingerprint density at radius 2 is 2.31 bits per heavy atom. The number of amides is 2. The first-order chi connectivity index (χ1) is 7.66. The molecule has 2 amide bonds. The lowest BCUT2D eigenvalue weighted by atomic mass is 9.68. The van der Waals surface area contributed by atoms with Crippen molar-refractivity contribution in [3.63, 3.8) is 0 Å². The molecule has 2 aliphatic rings. The van der Waals surface area contributed by atoms with Crippen LogP contribution in [0.1, 0.15) is 32.1 Å². The predicted octanol–water partition coefficient (Wildman–Crippen LogP) is -0.490. The standard InChI is InChI=1S/C11H19N3O2/c12-7-11(4-1-5-11)10(16)14-8-2-3-9(15)13-6-8/h8H,1-7,12H2,(H,13,15)(H,14,16). The molecule has 0 aromatic heterocycles. The van der Waals surface area contributed by atoms with Crippen molar-refractivity contribution in [2.75, 3.05) is 13.1 Å². The van der Waals surface area contributed by atoms with Gasteiger partial charge in [0.2, 0.25) is 11.8 Å². The van der Waals surface area contributed by atoms with Crippen molar-refractivity contribution in [1.29, 1.82) is 0 Å². The van der Waals surface area contributed by atoms with E-state index >= 15 is 0 Å². The van der Waals surface area contributed by atoms with Gasteiger partial charge in [-0.3, -0.25) is 9.59 Å². The molecule has 0 spiro atoms. The van der Waals surface area contributed by atoms with E-state index in [2.05, 4.69) is 10.6 Å². The van der Waals surface area contributed by atoms with E-state index in [1.165, 1.54) is 0 Å². The van der Waals surface area contributed by atoms with Crippen LogP contribution in [0, 0.1) is 5.41 Å². The highest BCUT2D eigenvalue weighted by molar-refractivity contribution is 5.84. The summed E-state index contributed by atoms with van der Waals surface area (Å²) in [4.78, 5) is 23.0. The summed E-state index contributed by atoms with van der Waals surface area (Å²) in [6, 6.07) is 0.0780. The van der Waals surface area contributed by atoms with Crippen LogP contribution in [0.5, 0.6) is 0 Å². The van der Waals surface area contributed by atoms with Crippen molar-refractivity contribution in [2.24, 2.45) is 11.1 Å². The average Bonchev–Trinajstić information content (AvgIpc) is 2.21. The number of carbonyl (C=O) groups excluding carboxylic acids is 2. The van der Waals surface area contributed by atoms with Crippen LogP contribution in [-0.2, 0) is 9.59 Å². The van der Waals surface area contributed by atoms with E-state index in [9.17, 15) is 9.59 Å². The van der Waals surface area contributed by atoms with Gasteiger partial charge in [-0.1, -0.05) is 6.42 Å². The van der Waals surface area contributed by atoms with Crippen molar-refractivity contribution in [3.8, 4) is 0 Å². The zero-order valence-corrected chi connectivity index (χ0v) is 9.42. The van der Waals surface area contributed by atoms with E-state index in [1.54, 1.807) is 0 Å². The largest absolute Gasteiger partial charge is 0.354 e. The number of carbonyl (C=O) groups is 2. The predicted molar refractivity (Wildman–Crippen MR) is 59.5 cm³/mol. The minimum atomic E-state index is -0.318. The summed E-state index contributed by atoms with van der Waals surface area (Å²) in [5.41, 5.74) is 5.35. The van der Waals surface area contributed by atoms with E-state index in [-0.39, 0.29) is 23.3 Å². The fourth-order valence-electron chi connectivity index (χ4n) is 2.32. The lowest BCUT2D eigenvalue weighted by Gasteiger charge is -2.40. The first-order valence-electron chi connectivity index (χ1n) is 5.94. The summed E-state index contributed by atoms with van der Waals surface area (Å²) in [5, 5.41) is 5.76. The number of hydrogen-bond donors (Lipinski definition) is 3. The summed E-state index contributed by atoms with van der Waals surface area (Å²) in [6.45, 7) is 0.975. The molecule has 1 saturated carbocycles. The summed E-state index contributed by atoms with van der Waals surface area (Å²) < 4.78 is 0. The van der Waals surface area contributed by atoms with Crippen molar-refractivity contribution >= 4 is 11.8 Å². The van der Waals surface area contributed by atoms with Crippen molar-refractivity contribution in [1.82, 2.24) is 10.6 Å². The number of nitrogens with two attached hydrogens (primary N) is 1. The van der Waals surface area contributed by atoms with Gasteiger partial charge in [0.1, 0.15) is 0 Å². The summed E-state index contributed by atoms with van der Waals surface area (Å²) in [5.74, 6) is 0.144. The molecule has 1 atom stereocenters. The van der Waals surface area contributed by atoms with E-state index in [4.69, 9.17) is 5.73 Å². The van der Waals surface area contributed by atoms with E-state index in [0.29, 0.717) is 19.5 Å². The van der Waals surface area contributed by atoms with Gasteiger partial charge in [0.15, 0.2) is 0 Å². The highest BCUT2D eigenvalue weighted by Crippen LogP contribution is 2.40. The lowest BCUT2D eigenvalue weighted by molar-refractivity contribution is -0.136. The molecular weight excluding hydrogens is 206 g/mol. The molecule has 1 unspecified atom stereocenters. The maximum atomic E-state index is 12.0. The maximum Gasteiger partial charge on any atom is 0.227 e. The summed E-state index contributed by atoms with van der Waals surface area (Å²) in [7, 11) is 0. The Hall–Kier alpha value is -1.10. The zero-order chi connectivity index (χ0) is 11.6. The molecule has 1 heterocycles. The molecule has 0 bridgehead atoms. The smallest absolute Gasteiger partial charge is 0.227 e. The van der Waals surface area contributed by atoms with Gasteiger partial charge in [0.05, 0.1) is 5.41 Å². The van der Waals surface area contributed by atoms with Gasteiger partial charge in [0, 0.05) is 25.6 Å². The van der Waals surface area contributed by atoms with Crippen LogP contribution in [0.2, 0.25) is 0 Å². The summed E-state index contributed by atoms with van der Waals surface area (Å²) in [6.07, 6.45) is 4.12. The van der Waals surface area contributed by atoms with Gasteiger partial charge in [0.25, 0.3) is 0 Å². The number of nitrogens with one attached hydrogen (secondary N) is 2. The third kappa shape index (κ3) is 2.04. The minimum absolute atomic E-state index is 0.0717. The van der Waals surface area contributed by atoms with Crippen molar-refractivity contribution < 1.29 is 9.59 Å². The zero-order valence-electron chi connectivity index (χ0n) is 9.42. The molecule has 0 aromatic carbocycles. The Balaban J connectivity index is 1.85. The van der Waals surface area contributed by atoms with Crippen LogP contribution in [0.3, 0.4) is 0 Å². The molecule has 1 aliphatic heterocycles. The fourth-order valence-corrected chi connectivity index (χ4v) is 2.32. The van der Waals surface area contributed by atoms with Crippen LogP contribution in [0.25, 0.3) is 0 Å². The maximum absolute atomic E-state index is 12.0. The van der Waals surface area contributed by atoms with E-state index in [0.717, 1.165) is 25.7 Å². The fraction of sp³-hybridized carbons (Fsp3) is 0.818. The molecule has 4 N–H and O–H groups in total. The molecule has 1 saturated heterocycles. The second kappa shape index (κ2) is 4.41. The molecule has 1 aliphatic carbocycles. The molecule has 2 rings (SSSR count). The number of rotatable bonds is 3. The molecule has 5 nitrogen and oxygen atoms in total. The Bertz CT molecular complexity index is 284. The SMILES string of the molecule is NCC1(C(=O)NC2CCC(=O)NC2)CCC1. The van der Waals surface area contributed by atoms with Gasteiger partial charge in [-0.05, 0) is 19.3 Å². The second-order valence-electron chi connectivity index (χ2n) is 4.85. The highest BCUT2D eigenvalue weighted by Gasteiger charge is 2.43. The lowest BCUT2D eigenvalue weighted by Crippen LogP contribution is -2.56. The Labute approximate surface area is 95.1 Å². The van der Waals surface area contributed by atoms with Gasteiger partial charge in [-0.15, -0.1) is 0 Å². The number of hydrogen-bond acceptors (Lipinski definition) is 3. The van der Waals surface area contributed by atoms with Crippen LogP contribution < -0.4 is 16.4 Å². The molecule has 90 valence electrons. The third-order valence-electron chi connectivity index (χ3n) is 3.78. The first kappa shape index (κ1) is 11.4. The Morgan fingerprint density at radius 3 is 2.75 bits per heavy atom. The molecule has 0 aromatic rings. The van der Waals surface area contributed by atoms with Gasteiger partial charge < -0.3 is 16.4 Å². The van der Waals surface area contributed by atoms with Crippen molar-refractivity contribution in [3.05, 3.63) is 0 Å². The molecule has 16 heavy (non-hydrogen) atoms. The van der Waals surface area contributed by atoms with E-state index in [1.807, 2.05) is 0 Å². The van der Waals surface area contributed by atoms with Crippen LogP contribution in [-0.4, -0.2) is 30.9 Å². The third-order valence-corrected chi connectivity index (χ3v) is 3.78. The first-order valence-corrected chi connectivity index (χ1v) is 5.94. The molecule has 2 fully saturated rings. The Morgan fingerprint density at radius 1 is 1.56 bits per heavy atom. The van der Waals surface area contributed by atoms with Gasteiger partial charge >= 0.3 is 0 Å². The highest BCUT2D eigenvalue weighted by atomic mass is 16.2. The number of piperidine rings is 1. The average molecular weight is 225 g/mol. The van der Waals surface area contributed by atoms with Crippen LogP contribution >= 0.6 is 0 Å². The topological polar surface area (TPSA) is 84.2 Å². The van der Waals surface area contributed by atoms with E-state index < -0.39 is 0 Å². The van der Waals surface area contributed by atoms with Crippen LogP contribution in [0.4, 0.5) is 0 Å². The van der Waals surface area contributed by atoms with Crippen LogP contribution in [0.15, 0.2) is 0 Å². The van der Waals surface area contributed by atoms with Gasteiger partial charge in [-0.25, -0.2) is 0 Å². The van der Waals surface area contributed by atoms with Crippen molar-refractivity contribution in [2.45, 2.75) is 38.1 Å². The quantitative estimate of drug-likeness (QED) is 0.606. The Kier molecular flexibility index (Phi) is 3.14.